The summed E-state index contributed by atoms with van der Waals surface area (Å²) < 4.78 is 23.6. The Hall–Kier alpha value is -4.12. The van der Waals surface area contributed by atoms with E-state index in [1.54, 1.807) is 68.5 Å². The molecule has 0 aliphatic carbocycles. The third-order valence-corrected chi connectivity index (χ3v) is 8.01. The topological polar surface area (TPSA) is 109 Å². The van der Waals surface area contributed by atoms with E-state index in [2.05, 4.69) is 4.99 Å². The van der Waals surface area contributed by atoms with Gasteiger partial charge < -0.3 is 18.6 Å². The molecule has 0 unspecified atom stereocenters. The zero-order valence-electron chi connectivity index (χ0n) is 22.9. The van der Waals surface area contributed by atoms with Crippen molar-refractivity contribution in [2.24, 2.45) is 4.99 Å². The maximum absolute atomic E-state index is 13.9. The molecule has 0 saturated carbocycles. The predicted octanol–water partition coefficient (Wildman–Crippen LogP) is 5.16. The first-order chi connectivity index (χ1) is 20.2. The van der Waals surface area contributed by atoms with Gasteiger partial charge in [-0.1, -0.05) is 34.5 Å². The Morgan fingerprint density at radius 2 is 1.81 bits per heavy atom. The number of carbonyl (C=O) groups is 2. The summed E-state index contributed by atoms with van der Waals surface area (Å²) in [5.74, 6) is 0.00748. The second-order valence-electron chi connectivity index (χ2n) is 9.07. The van der Waals surface area contributed by atoms with E-state index in [-0.39, 0.29) is 17.7 Å². The molecule has 3 heterocycles. The Kier molecular flexibility index (Phi) is 8.40. The van der Waals surface area contributed by atoms with Crippen molar-refractivity contribution in [2.45, 2.75) is 19.9 Å². The van der Waals surface area contributed by atoms with Crippen LogP contribution in [0.4, 0.5) is 0 Å². The first-order valence-electron chi connectivity index (χ1n) is 12.7. The van der Waals surface area contributed by atoms with Crippen LogP contribution in [0.3, 0.4) is 0 Å². The molecule has 0 N–H and O–H groups in total. The molecule has 0 saturated heterocycles. The van der Waals surface area contributed by atoms with Crippen molar-refractivity contribution in [3.63, 3.8) is 0 Å². The Balaban J connectivity index is 1.67. The molecule has 9 nitrogen and oxygen atoms in total. The van der Waals surface area contributed by atoms with Gasteiger partial charge >= 0.3 is 11.9 Å². The van der Waals surface area contributed by atoms with Crippen molar-refractivity contribution in [1.29, 1.82) is 0 Å². The number of hydrogen-bond donors (Lipinski definition) is 0. The number of halogens is 2. The van der Waals surface area contributed by atoms with Gasteiger partial charge in [-0.3, -0.25) is 9.36 Å². The summed E-state index contributed by atoms with van der Waals surface area (Å²) >= 11 is 13.7. The number of carbonyl (C=O) groups excluding carboxylic acids is 2. The fourth-order valence-electron chi connectivity index (χ4n) is 4.72. The lowest BCUT2D eigenvalue weighted by Gasteiger charge is -2.26. The SMILES string of the molecule is CCOC(=O)C1=C(C)N=c2s/c(=C\c3ccc(-c4cc(Cl)ccc4C(=O)OC)o3)c(=O)n2[C@@H]1c1cc(Cl)ccc1OC. The third kappa shape index (κ3) is 5.40. The quantitative estimate of drug-likeness (QED) is 0.261. The van der Waals surface area contributed by atoms with Crippen LogP contribution in [0.5, 0.6) is 5.75 Å². The van der Waals surface area contributed by atoms with Crippen LogP contribution in [0.15, 0.2) is 74.0 Å². The fraction of sp³-hybridized carbons (Fsp3) is 0.200. The van der Waals surface area contributed by atoms with E-state index in [4.69, 9.17) is 41.8 Å². The first-order valence-corrected chi connectivity index (χ1v) is 14.2. The van der Waals surface area contributed by atoms with Gasteiger partial charge in [-0.2, -0.15) is 0 Å². The fourth-order valence-corrected chi connectivity index (χ4v) is 6.10. The van der Waals surface area contributed by atoms with Crippen molar-refractivity contribution in [3.8, 4) is 17.1 Å². The highest BCUT2D eigenvalue weighted by atomic mass is 35.5. The van der Waals surface area contributed by atoms with Gasteiger partial charge in [0.15, 0.2) is 4.80 Å². The van der Waals surface area contributed by atoms with Crippen LogP contribution in [0.2, 0.25) is 10.0 Å². The van der Waals surface area contributed by atoms with Crippen LogP contribution in [-0.2, 0) is 14.3 Å². The summed E-state index contributed by atoms with van der Waals surface area (Å²) in [4.78, 5) is 44.4. The molecule has 216 valence electrons. The number of rotatable bonds is 7. The molecule has 1 atom stereocenters. The molecule has 12 heteroatoms. The lowest BCUT2D eigenvalue weighted by Crippen LogP contribution is -2.40. The number of hydrogen-bond acceptors (Lipinski definition) is 9. The van der Waals surface area contributed by atoms with Crippen LogP contribution in [0.1, 0.15) is 41.6 Å². The van der Waals surface area contributed by atoms with Crippen molar-refractivity contribution in [3.05, 3.63) is 106 Å². The van der Waals surface area contributed by atoms with Crippen LogP contribution < -0.4 is 19.6 Å². The molecule has 2 aromatic carbocycles. The highest BCUT2D eigenvalue weighted by molar-refractivity contribution is 7.07. The second-order valence-corrected chi connectivity index (χ2v) is 11.0. The number of nitrogens with zero attached hydrogens (tertiary/aromatic N) is 2. The van der Waals surface area contributed by atoms with Gasteiger partial charge in [-0.25, -0.2) is 14.6 Å². The molecule has 1 aliphatic rings. The summed E-state index contributed by atoms with van der Waals surface area (Å²) in [5, 5.41) is 0.814. The van der Waals surface area contributed by atoms with E-state index in [0.29, 0.717) is 53.5 Å². The van der Waals surface area contributed by atoms with Crippen LogP contribution >= 0.6 is 34.5 Å². The van der Waals surface area contributed by atoms with Crippen LogP contribution in [0, 0.1) is 0 Å². The minimum absolute atomic E-state index is 0.143. The smallest absolute Gasteiger partial charge is 0.338 e. The Bertz CT molecular complexity index is 1940. The summed E-state index contributed by atoms with van der Waals surface area (Å²) in [6.45, 7) is 3.54. The number of aromatic nitrogens is 1. The number of allylic oxidation sites excluding steroid dienone is 1. The summed E-state index contributed by atoms with van der Waals surface area (Å²) in [7, 11) is 2.78. The number of furan rings is 1. The lowest BCUT2D eigenvalue weighted by molar-refractivity contribution is -0.139. The first kappa shape index (κ1) is 29.4. The normalized spacial score (nSPS) is 14.8. The average molecular weight is 628 g/mol. The molecule has 4 aromatic rings. The Morgan fingerprint density at radius 1 is 1.07 bits per heavy atom. The number of ether oxygens (including phenoxy) is 3. The van der Waals surface area contributed by atoms with E-state index in [1.165, 1.54) is 18.8 Å². The number of benzene rings is 2. The van der Waals surface area contributed by atoms with Crippen molar-refractivity contribution < 1.29 is 28.2 Å². The Labute approximate surface area is 253 Å². The van der Waals surface area contributed by atoms with E-state index >= 15 is 0 Å². The molecule has 0 radical (unpaired) electrons. The summed E-state index contributed by atoms with van der Waals surface area (Å²) in [5.41, 5.74) is 1.43. The van der Waals surface area contributed by atoms with Gasteiger partial charge in [-0.15, -0.1) is 0 Å². The minimum atomic E-state index is -0.905. The molecule has 5 rings (SSSR count). The zero-order valence-corrected chi connectivity index (χ0v) is 25.2. The molecular weight excluding hydrogens is 603 g/mol. The lowest BCUT2D eigenvalue weighted by atomic mass is 9.95. The maximum Gasteiger partial charge on any atom is 0.338 e. The zero-order chi connectivity index (χ0) is 30.1. The molecule has 0 bridgehead atoms. The van der Waals surface area contributed by atoms with Crippen LogP contribution in [0.25, 0.3) is 17.4 Å². The third-order valence-electron chi connectivity index (χ3n) is 6.56. The molecule has 0 amide bonds. The van der Waals surface area contributed by atoms with Gasteiger partial charge in [0.05, 0.1) is 42.2 Å². The van der Waals surface area contributed by atoms with E-state index < -0.39 is 23.5 Å². The van der Waals surface area contributed by atoms with Gasteiger partial charge in [0.25, 0.3) is 5.56 Å². The second kappa shape index (κ2) is 12.0. The highest BCUT2D eigenvalue weighted by Gasteiger charge is 2.35. The number of thiazole rings is 1. The summed E-state index contributed by atoms with van der Waals surface area (Å²) in [6.07, 6.45) is 1.57. The number of fused-ring (bicyclic) bond motifs is 1. The largest absolute Gasteiger partial charge is 0.496 e. The van der Waals surface area contributed by atoms with Crippen molar-refractivity contribution in [1.82, 2.24) is 4.57 Å². The van der Waals surface area contributed by atoms with Gasteiger partial charge in [0.1, 0.15) is 23.3 Å². The van der Waals surface area contributed by atoms with Crippen molar-refractivity contribution >= 4 is 52.6 Å². The number of esters is 2. The molecule has 0 spiro atoms. The monoisotopic (exact) mass is 626 g/mol. The van der Waals surface area contributed by atoms with Gasteiger partial charge in [0, 0.05) is 27.2 Å². The van der Waals surface area contributed by atoms with Gasteiger partial charge in [0.2, 0.25) is 0 Å². The van der Waals surface area contributed by atoms with E-state index in [1.807, 2.05) is 0 Å². The highest BCUT2D eigenvalue weighted by Crippen LogP contribution is 2.37. The standard InChI is InChI=1S/C30H24Cl2N2O7S/c1-5-40-29(37)25-15(2)33-30-34(26(25)21-13-17(32)7-10-22(21)38-3)27(35)24(42-30)14-18-8-11-23(41-18)20-12-16(31)6-9-19(20)28(36)39-4/h6-14,26H,5H2,1-4H3/b24-14-/t26-/m1/s1. The Morgan fingerprint density at radius 3 is 2.52 bits per heavy atom. The van der Waals surface area contributed by atoms with E-state index in [0.717, 1.165) is 11.3 Å². The maximum atomic E-state index is 13.9. The molecular formula is C30H24Cl2N2O7S. The molecule has 42 heavy (non-hydrogen) atoms. The van der Waals surface area contributed by atoms with Gasteiger partial charge in [-0.05, 0) is 62.4 Å². The van der Waals surface area contributed by atoms with Crippen molar-refractivity contribution in [2.75, 3.05) is 20.8 Å². The van der Waals surface area contributed by atoms with Crippen LogP contribution in [-0.4, -0.2) is 37.3 Å². The molecule has 1 aliphatic heterocycles. The summed E-state index contributed by atoms with van der Waals surface area (Å²) in [6, 6.07) is 12.2. The predicted molar refractivity (Wildman–Crippen MR) is 159 cm³/mol. The molecule has 2 aromatic heterocycles. The minimum Gasteiger partial charge on any atom is -0.496 e. The molecule has 0 fully saturated rings. The van der Waals surface area contributed by atoms with E-state index in [9.17, 15) is 14.4 Å². The number of methoxy groups -OCH3 is 2. The average Bonchev–Trinajstić information content (AvgIpc) is 3.56.